The second-order valence-electron chi connectivity index (χ2n) is 46.5. The number of hydrogen-bond donors (Lipinski definition) is 4. The van der Waals surface area contributed by atoms with E-state index in [4.69, 9.17) is 18.9 Å². The largest absolute Gasteiger partial charge is 0.444 e. The van der Waals surface area contributed by atoms with Crippen molar-refractivity contribution in [3.63, 3.8) is 0 Å². The van der Waals surface area contributed by atoms with Gasteiger partial charge in [0.15, 0.2) is 0 Å². The van der Waals surface area contributed by atoms with E-state index >= 15 is 0 Å². The summed E-state index contributed by atoms with van der Waals surface area (Å²) >= 11 is 0. The van der Waals surface area contributed by atoms with E-state index in [2.05, 4.69) is 171 Å². The maximum absolute atomic E-state index is 14.8. The summed E-state index contributed by atoms with van der Waals surface area (Å²) < 4.78 is 33.1. The zero-order valence-corrected chi connectivity index (χ0v) is 91.5. The number of likely N-dealkylation sites (tertiary alicyclic amines) is 4. The summed E-state index contributed by atoms with van der Waals surface area (Å²) in [6.07, 6.45) is 40.5. The molecule has 8 heterocycles. The average molecular weight is 2040 g/mol. The summed E-state index contributed by atoms with van der Waals surface area (Å²) in [4.78, 5) is 149. The van der Waals surface area contributed by atoms with Crippen LogP contribution in [0, 0.1) is 35.5 Å². The van der Waals surface area contributed by atoms with Crippen LogP contribution < -0.4 is 21.3 Å². The van der Waals surface area contributed by atoms with Crippen molar-refractivity contribution in [2.75, 3.05) is 66.7 Å². The van der Waals surface area contributed by atoms with Gasteiger partial charge in [-0.25, -0.2) is 9.59 Å². The Hall–Kier alpha value is -10.7. The lowest BCUT2D eigenvalue weighted by Gasteiger charge is -2.36. The van der Waals surface area contributed by atoms with Crippen molar-refractivity contribution >= 4 is 103 Å². The molecule has 8 fully saturated rings. The number of carbonyl (C=O) groups is 10. The van der Waals surface area contributed by atoms with Gasteiger partial charge in [0.2, 0.25) is 47.3 Å². The molecule has 0 bridgehead atoms. The molecule has 28 heteroatoms. The highest BCUT2D eigenvalue weighted by Crippen LogP contribution is 2.40. The summed E-state index contributed by atoms with van der Waals surface area (Å²) in [6.45, 7) is 29.8. The van der Waals surface area contributed by atoms with Crippen LogP contribution in [0.25, 0.3) is 43.6 Å². The Bertz CT molecular complexity index is 5450. The summed E-state index contributed by atoms with van der Waals surface area (Å²) in [7, 11) is 3.13. The fourth-order valence-corrected chi connectivity index (χ4v) is 24.9. The molecule has 28 nitrogen and oxygen atoms in total. The van der Waals surface area contributed by atoms with E-state index in [1.54, 1.807) is 69.5 Å². The first kappa shape index (κ1) is 111. The molecule has 8 aliphatic rings. The second-order valence-corrected chi connectivity index (χ2v) is 46.5. The van der Waals surface area contributed by atoms with Gasteiger partial charge in [0.1, 0.15) is 47.5 Å². The minimum Gasteiger partial charge on any atom is -0.444 e. The van der Waals surface area contributed by atoms with Gasteiger partial charge in [0.25, 0.3) is 0 Å². The van der Waals surface area contributed by atoms with Crippen molar-refractivity contribution < 1.29 is 66.9 Å². The highest BCUT2D eigenvalue weighted by molar-refractivity contribution is 5.95. The zero-order valence-electron chi connectivity index (χ0n) is 91.5. The zero-order chi connectivity index (χ0) is 105. The Kier molecular flexibility index (Phi) is 39.0. The van der Waals surface area contributed by atoms with E-state index in [1.165, 1.54) is 66.7 Å². The number of fused-ring (bicyclic) bond motifs is 4. The van der Waals surface area contributed by atoms with Gasteiger partial charge in [-0.1, -0.05) is 178 Å². The monoisotopic (exact) mass is 2040 g/mol. The van der Waals surface area contributed by atoms with Crippen LogP contribution in [-0.4, -0.2) is 245 Å². The number of aromatic nitrogens is 4. The van der Waals surface area contributed by atoms with E-state index in [-0.39, 0.29) is 107 Å². The molecule has 12 atom stereocenters. The molecular formula is C120H174N14O14. The number of para-hydroxylation sites is 4. The Morgan fingerprint density at radius 2 is 0.541 bits per heavy atom. The first-order valence-corrected chi connectivity index (χ1v) is 57.0. The molecule has 4 saturated heterocycles. The Morgan fingerprint density at radius 1 is 0.318 bits per heavy atom. The molecular weight excluding hydrogens is 1860 g/mol. The van der Waals surface area contributed by atoms with E-state index < -0.39 is 59.6 Å². The van der Waals surface area contributed by atoms with Crippen LogP contribution in [0.4, 0.5) is 9.59 Å². The molecule has 808 valence electrons. The van der Waals surface area contributed by atoms with Crippen molar-refractivity contribution in [3.05, 3.63) is 144 Å². The standard InChI is InChI=1S/C64H94N8O9.C56H80N6O5/c1-43(67(9)61(77)80-63(3,4)5)57(73)65-55(45-23-13-11-14-24-45)59(75)71-33-21-27-49(71)39-47-41-69(53-31-19-17-29-51(47)53)35-37-79-38-36-70-42-48(52-30-18-20-32-54(52)70)40-50-28-22-34-72(50)60(76)56(46-25-15-12-16-26-46)66-58(74)44(2)68(10)62(78)81-64(6,7)8;1-5-39(3)53(63)57-51(41-19-9-7-10-20-41)55(65)61-29-17-23-45(61)35-43-37-59(49-27-15-13-25-47(43)49)31-33-67-34-32-60-38-44(48-26-14-16-28-50(48)60)36-46-24-18-30-62(46)56(66)52(42-21-11-8-12-22-42)58-54(64)40(4)6-2/h17-20,29-32,41-46,49-50,55-56H,11-16,21-28,33-40H2,1-10H3,(H,65,73)(H,66,74);13-16,25-28,37-42,45-46,51-52H,5-12,17-24,29-36H2,1-4H3,(H,57,63)(H,58,64)/t43-,44-,49-,50-,55-,56-;39-,40-,45+,46+,51+,52+/m01/s1. The number of benzene rings is 4. The molecule has 4 saturated carbocycles. The van der Waals surface area contributed by atoms with E-state index in [1.807, 2.05) is 37.5 Å². The lowest BCUT2D eigenvalue weighted by Crippen LogP contribution is -2.57. The Morgan fingerprint density at radius 3 is 0.764 bits per heavy atom. The van der Waals surface area contributed by atoms with Gasteiger partial charge >= 0.3 is 12.2 Å². The van der Waals surface area contributed by atoms with Crippen LogP contribution in [0.5, 0.6) is 0 Å². The molecule has 4 aromatic carbocycles. The van der Waals surface area contributed by atoms with Gasteiger partial charge in [-0.2, -0.15) is 0 Å². The van der Waals surface area contributed by atoms with E-state index in [9.17, 15) is 47.9 Å². The number of carbonyl (C=O) groups excluding carboxylic acids is 10. The molecule has 4 aliphatic heterocycles. The lowest BCUT2D eigenvalue weighted by molar-refractivity contribution is -0.140. The predicted molar refractivity (Wildman–Crippen MR) is 583 cm³/mol. The second kappa shape index (κ2) is 51.9. The van der Waals surface area contributed by atoms with Crippen LogP contribution in [-0.2, 0) is 109 Å². The maximum Gasteiger partial charge on any atom is 0.410 e. The van der Waals surface area contributed by atoms with Crippen molar-refractivity contribution in [2.24, 2.45) is 35.5 Å². The molecule has 148 heavy (non-hydrogen) atoms. The Labute approximate surface area is 879 Å². The minimum atomic E-state index is -0.822. The van der Waals surface area contributed by atoms with Gasteiger partial charge in [-0.3, -0.25) is 48.2 Å². The first-order chi connectivity index (χ1) is 71.2. The highest BCUT2D eigenvalue weighted by Gasteiger charge is 2.46. The quantitative estimate of drug-likeness (QED) is 0.0260. The van der Waals surface area contributed by atoms with Crippen molar-refractivity contribution in [2.45, 2.75) is 399 Å². The van der Waals surface area contributed by atoms with Crippen LogP contribution in [0.2, 0.25) is 0 Å². The number of ether oxygens (including phenoxy) is 4. The van der Waals surface area contributed by atoms with E-state index in [0.29, 0.717) is 65.4 Å². The summed E-state index contributed by atoms with van der Waals surface area (Å²) in [5, 5.41) is 17.6. The number of nitrogens with zero attached hydrogens (tertiary/aromatic N) is 10. The number of rotatable bonds is 40. The third kappa shape index (κ3) is 28.0. The highest BCUT2D eigenvalue weighted by atomic mass is 16.6. The maximum atomic E-state index is 14.8. The number of hydrogen-bond acceptors (Lipinski definition) is 14. The molecule has 8 aromatic rings. The molecule has 16 rings (SSSR count). The fraction of sp³-hybridized carbons (Fsp3) is 0.650. The first-order valence-electron chi connectivity index (χ1n) is 57.0. The molecule has 4 aromatic heterocycles. The lowest BCUT2D eigenvalue weighted by atomic mass is 9.83. The number of nitrogens with one attached hydrogen (secondary N) is 4. The van der Waals surface area contributed by atoms with Gasteiger partial charge in [0.05, 0.1) is 26.4 Å². The smallest absolute Gasteiger partial charge is 0.410 e. The third-order valence-corrected chi connectivity index (χ3v) is 34.0. The van der Waals surface area contributed by atoms with Crippen LogP contribution in [0.3, 0.4) is 0 Å². The van der Waals surface area contributed by atoms with Crippen molar-refractivity contribution in [3.8, 4) is 0 Å². The predicted octanol–water partition coefficient (Wildman–Crippen LogP) is 19.6. The van der Waals surface area contributed by atoms with Gasteiger partial charge in [-0.15, -0.1) is 0 Å². The summed E-state index contributed by atoms with van der Waals surface area (Å²) in [5.41, 5.74) is 8.07. The average Bonchev–Trinajstić information content (AvgIpc) is 1.64. The molecule has 4 aliphatic carbocycles. The minimum absolute atomic E-state index is 0.00327. The fourth-order valence-electron chi connectivity index (χ4n) is 24.9. The summed E-state index contributed by atoms with van der Waals surface area (Å²) in [5.74, 6) is -0.282. The number of amides is 10. The SMILES string of the molecule is CC[C@@H](C)C(=O)N[C@H](C(=O)N1CCC[C@H]1Cc1cn(CCOCCn2cc(C[C@@H]3CCCN3C(=O)[C@@H](NC(=O)[C@H](C)CC)C3CCCCC3)c3ccccc32)c2ccccc12)C1CCCCC1.C[C@@H](C(=O)N[C@H](C(=O)N1CCC[C@H]1Cc1cn(CCOCCn2cc(C[C@@H]3CCCN3C(=O)[C@@H](NC(=O)[C@H](C)N(C)C(=O)OC(C)(C)C)C3CCCCC3)c3ccccc32)c2ccccc12)C1CCCCC1)N(C)C(=O)OC(C)(C)C. The molecule has 4 N–H and O–H groups in total. The number of likely N-dealkylation sites (N-methyl/N-ethyl adjacent to an activating group) is 2. The molecule has 0 spiro atoms. The van der Waals surface area contributed by atoms with Crippen molar-refractivity contribution in [1.82, 2.24) is 68.9 Å². The van der Waals surface area contributed by atoms with Crippen LogP contribution in [0.15, 0.2) is 122 Å². The molecule has 0 unspecified atom stereocenters. The van der Waals surface area contributed by atoms with Gasteiger partial charge < -0.3 is 78.1 Å². The van der Waals surface area contributed by atoms with Crippen molar-refractivity contribution in [1.29, 1.82) is 0 Å². The van der Waals surface area contributed by atoms with E-state index in [0.717, 1.165) is 241 Å². The molecule has 0 radical (unpaired) electrons. The Balaban J connectivity index is 0.000000225. The van der Waals surface area contributed by atoms with Gasteiger partial charge in [-0.05, 0) is 267 Å². The topological polar surface area (TPSA) is 295 Å². The molecule has 10 amide bonds. The van der Waals surface area contributed by atoms with Gasteiger partial charge in [0, 0.05) is 171 Å². The van der Waals surface area contributed by atoms with Crippen LogP contribution in [0.1, 0.15) is 298 Å². The normalized spacial score (nSPS) is 20.6. The third-order valence-electron chi connectivity index (χ3n) is 34.0. The summed E-state index contributed by atoms with van der Waals surface area (Å²) in [6, 6.07) is 30.4. The van der Waals surface area contributed by atoms with Crippen LogP contribution >= 0.6 is 0 Å².